The molecular weight excluding hydrogens is 260 g/mol. The van der Waals surface area contributed by atoms with Crippen LogP contribution in [0.5, 0.6) is 5.75 Å². The molecule has 0 bridgehead atoms. The number of rotatable bonds is 7. The molecule has 2 aromatic rings. The highest BCUT2D eigenvalue weighted by atomic mass is 16.5. The second-order valence-electron chi connectivity index (χ2n) is 5.44. The maximum absolute atomic E-state index is 9.67. The van der Waals surface area contributed by atoms with Crippen molar-refractivity contribution < 1.29 is 9.84 Å². The fourth-order valence-corrected chi connectivity index (χ4v) is 2.63. The average Bonchev–Trinajstić information content (AvgIpc) is 2.55. The quantitative estimate of drug-likeness (QED) is 0.841. The van der Waals surface area contributed by atoms with Crippen LogP contribution in [0.3, 0.4) is 0 Å². The van der Waals surface area contributed by atoms with Gasteiger partial charge in [0.15, 0.2) is 0 Å². The van der Waals surface area contributed by atoms with Gasteiger partial charge in [0.05, 0.1) is 7.11 Å². The molecule has 0 radical (unpaired) electrons. The van der Waals surface area contributed by atoms with Gasteiger partial charge in [-0.05, 0) is 47.9 Å². The highest BCUT2D eigenvalue weighted by Crippen LogP contribution is 2.22. The van der Waals surface area contributed by atoms with Gasteiger partial charge in [0.2, 0.25) is 0 Å². The van der Waals surface area contributed by atoms with Crippen molar-refractivity contribution in [3.8, 4) is 5.75 Å². The molecule has 0 amide bonds. The van der Waals surface area contributed by atoms with Crippen LogP contribution in [0.1, 0.15) is 23.6 Å². The van der Waals surface area contributed by atoms with E-state index in [9.17, 15) is 5.11 Å². The van der Waals surface area contributed by atoms with E-state index in [0.29, 0.717) is 0 Å². The molecule has 0 spiro atoms. The third-order valence-corrected chi connectivity index (χ3v) is 3.91. The molecule has 0 aliphatic carbocycles. The predicted molar refractivity (Wildman–Crippen MR) is 86.8 cm³/mol. The molecule has 0 aliphatic heterocycles. The molecular formula is C19H24O2. The Hall–Kier alpha value is -1.80. The molecule has 112 valence electrons. The third kappa shape index (κ3) is 4.33. The highest BCUT2D eigenvalue weighted by Gasteiger charge is 2.12. The van der Waals surface area contributed by atoms with Crippen LogP contribution >= 0.6 is 0 Å². The Morgan fingerprint density at radius 1 is 0.952 bits per heavy atom. The average molecular weight is 284 g/mol. The second kappa shape index (κ2) is 7.84. The van der Waals surface area contributed by atoms with Gasteiger partial charge in [-0.3, -0.25) is 0 Å². The van der Waals surface area contributed by atoms with Gasteiger partial charge < -0.3 is 9.84 Å². The number of methoxy groups -OCH3 is 1. The summed E-state index contributed by atoms with van der Waals surface area (Å²) in [5.74, 6) is 1.12. The summed E-state index contributed by atoms with van der Waals surface area (Å²) >= 11 is 0. The Morgan fingerprint density at radius 2 is 1.62 bits per heavy atom. The van der Waals surface area contributed by atoms with Crippen LogP contribution in [-0.2, 0) is 19.3 Å². The summed E-state index contributed by atoms with van der Waals surface area (Å²) in [4.78, 5) is 0. The molecule has 0 saturated heterocycles. The summed E-state index contributed by atoms with van der Waals surface area (Å²) in [6, 6.07) is 16.7. The van der Waals surface area contributed by atoms with Crippen molar-refractivity contribution in [1.29, 1.82) is 0 Å². The summed E-state index contributed by atoms with van der Waals surface area (Å²) in [6.45, 7) is 2.35. The van der Waals surface area contributed by atoms with Crippen LogP contribution in [0, 0.1) is 5.92 Å². The lowest BCUT2D eigenvalue weighted by Gasteiger charge is -2.16. The molecule has 1 atom stereocenters. The summed E-state index contributed by atoms with van der Waals surface area (Å²) in [5.41, 5.74) is 3.79. The molecule has 0 saturated carbocycles. The zero-order chi connectivity index (χ0) is 15.1. The molecule has 2 nitrogen and oxygen atoms in total. The molecule has 21 heavy (non-hydrogen) atoms. The van der Waals surface area contributed by atoms with E-state index >= 15 is 0 Å². The molecule has 0 aliphatic rings. The van der Waals surface area contributed by atoms with E-state index in [1.165, 1.54) is 11.1 Å². The number of aliphatic hydroxyl groups excluding tert-OH is 1. The van der Waals surface area contributed by atoms with Gasteiger partial charge in [0, 0.05) is 6.61 Å². The Labute approximate surface area is 127 Å². The molecule has 2 rings (SSSR count). The minimum absolute atomic E-state index is 0.188. The Kier molecular flexibility index (Phi) is 5.82. The molecule has 0 aromatic heterocycles. The zero-order valence-corrected chi connectivity index (χ0v) is 12.9. The first-order chi connectivity index (χ1) is 10.3. The topological polar surface area (TPSA) is 29.5 Å². The molecule has 0 fully saturated rings. The van der Waals surface area contributed by atoms with Gasteiger partial charge >= 0.3 is 0 Å². The maximum Gasteiger partial charge on any atom is 0.122 e. The normalized spacial score (nSPS) is 12.1. The van der Waals surface area contributed by atoms with E-state index in [0.717, 1.165) is 30.6 Å². The Balaban J connectivity index is 2.05. The van der Waals surface area contributed by atoms with Crippen molar-refractivity contribution in [1.82, 2.24) is 0 Å². The molecule has 0 heterocycles. The highest BCUT2D eigenvalue weighted by molar-refractivity contribution is 5.34. The fraction of sp³-hybridized carbons (Fsp3) is 0.368. The smallest absolute Gasteiger partial charge is 0.122 e. The monoisotopic (exact) mass is 284 g/mol. The van der Waals surface area contributed by atoms with Crippen molar-refractivity contribution in [3.63, 3.8) is 0 Å². The number of benzene rings is 2. The lowest BCUT2D eigenvalue weighted by molar-refractivity contribution is 0.224. The van der Waals surface area contributed by atoms with Crippen molar-refractivity contribution in [2.75, 3.05) is 13.7 Å². The van der Waals surface area contributed by atoms with Crippen molar-refractivity contribution in [2.24, 2.45) is 5.92 Å². The third-order valence-electron chi connectivity index (χ3n) is 3.91. The molecule has 2 aromatic carbocycles. The standard InChI is InChI=1S/C19H24O2/c1-3-15-8-10-16(11-9-15)12-17(14-20)13-18-6-4-5-7-19(18)21-2/h4-11,17,20H,3,12-14H2,1-2H3. The number of ether oxygens (including phenoxy) is 1. The van der Waals surface area contributed by atoms with E-state index in [1.807, 2.05) is 18.2 Å². The number of hydrogen-bond donors (Lipinski definition) is 1. The second-order valence-corrected chi connectivity index (χ2v) is 5.44. The minimum Gasteiger partial charge on any atom is -0.496 e. The van der Waals surface area contributed by atoms with Crippen molar-refractivity contribution in [3.05, 3.63) is 65.2 Å². The lowest BCUT2D eigenvalue weighted by Crippen LogP contribution is -2.13. The fourth-order valence-electron chi connectivity index (χ4n) is 2.63. The first-order valence-corrected chi connectivity index (χ1v) is 7.57. The predicted octanol–water partition coefficient (Wildman–Crippen LogP) is 3.65. The van der Waals surface area contributed by atoms with Gasteiger partial charge in [0.1, 0.15) is 5.75 Å². The Morgan fingerprint density at radius 3 is 2.24 bits per heavy atom. The summed E-state index contributed by atoms with van der Waals surface area (Å²) in [6.07, 6.45) is 2.78. The van der Waals surface area contributed by atoms with Crippen LogP contribution in [0.25, 0.3) is 0 Å². The van der Waals surface area contributed by atoms with Crippen LogP contribution in [0.2, 0.25) is 0 Å². The van der Waals surface area contributed by atoms with E-state index in [1.54, 1.807) is 7.11 Å². The van der Waals surface area contributed by atoms with E-state index < -0.39 is 0 Å². The number of hydrogen-bond acceptors (Lipinski definition) is 2. The van der Waals surface area contributed by atoms with E-state index in [2.05, 4.69) is 37.3 Å². The van der Waals surface area contributed by atoms with E-state index in [4.69, 9.17) is 4.74 Å². The first kappa shape index (κ1) is 15.6. The summed E-state index contributed by atoms with van der Waals surface area (Å²) in [7, 11) is 1.69. The van der Waals surface area contributed by atoms with Gasteiger partial charge in [-0.15, -0.1) is 0 Å². The van der Waals surface area contributed by atoms with Gasteiger partial charge in [-0.2, -0.15) is 0 Å². The largest absolute Gasteiger partial charge is 0.496 e. The maximum atomic E-state index is 9.67. The number of aliphatic hydroxyl groups is 1. The molecule has 1 unspecified atom stereocenters. The SMILES string of the molecule is CCc1ccc(CC(CO)Cc2ccccc2OC)cc1. The Bertz CT molecular complexity index is 546. The van der Waals surface area contributed by atoms with Crippen LogP contribution in [-0.4, -0.2) is 18.8 Å². The zero-order valence-electron chi connectivity index (χ0n) is 12.9. The van der Waals surface area contributed by atoms with Gasteiger partial charge in [-0.25, -0.2) is 0 Å². The van der Waals surface area contributed by atoms with Crippen LogP contribution in [0.15, 0.2) is 48.5 Å². The van der Waals surface area contributed by atoms with Crippen molar-refractivity contribution in [2.45, 2.75) is 26.2 Å². The number of para-hydroxylation sites is 1. The summed E-state index contributed by atoms with van der Waals surface area (Å²) < 4.78 is 5.39. The van der Waals surface area contributed by atoms with E-state index in [-0.39, 0.29) is 12.5 Å². The van der Waals surface area contributed by atoms with Crippen LogP contribution < -0.4 is 4.74 Å². The first-order valence-electron chi connectivity index (χ1n) is 7.57. The van der Waals surface area contributed by atoms with Crippen LogP contribution in [0.4, 0.5) is 0 Å². The summed E-state index contributed by atoms with van der Waals surface area (Å²) in [5, 5.41) is 9.67. The molecule has 2 heteroatoms. The van der Waals surface area contributed by atoms with Gasteiger partial charge in [0.25, 0.3) is 0 Å². The minimum atomic E-state index is 0.188. The number of aryl methyl sites for hydroxylation is 1. The van der Waals surface area contributed by atoms with Gasteiger partial charge in [-0.1, -0.05) is 49.4 Å². The van der Waals surface area contributed by atoms with Crippen molar-refractivity contribution >= 4 is 0 Å². The molecule has 1 N–H and O–H groups in total. The lowest BCUT2D eigenvalue weighted by atomic mass is 9.92.